The largest absolute Gasteiger partial charge is 0.395 e. The first-order valence-corrected chi connectivity index (χ1v) is 8.09. The number of nitrogens with zero attached hydrogens (tertiary/aromatic N) is 4. The molecule has 0 aromatic carbocycles. The van der Waals surface area contributed by atoms with E-state index in [2.05, 4.69) is 9.97 Å². The fourth-order valence-corrected chi connectivity index (χ4v) is 3.70. The summed E-state index contributed by atoms with van der Waals surface area (Å²) in [5, 5.41) is 9.15. The number of piperidine rings is 1. The van der Waals surface area contributed by atoms with E-state index in [1.807, 2.05) is 6.92 Å². The summed E-state index contributed by atoms with van der Waals surface area (Å²) in [4.78, 5) is 37.4. The van der Waals surface area contributed by atoms with E-state index in [0.29, 0.717) is 32.5 Å². The first kappa shape index (κ1) is 15.9. The van der Waals surface area contributed by atoms with Crippen LogP contribution in [0.3, 0.4) is 0 Å². The third-order valence-corrected chi connectivity index (χ3v) is 4.81. The van der Waals surface area contributed by atoms with Gasteiger partial charge in [-0.15, -0.1) is 0 Å². The topological polar surface area (TPSA) is 86.6 Å². The van der Waals surface area contributed by atoms with Crippen LogP contribution in [0.4, 0.5) is 0 Å². The van der Waals surface area contributed by atoms with Crippen molar-refractivity contribution in [2.45, 2.75) is 38.1 Å². The Balaban J connectivity index is 1.88. The van der Waals surface area contributed by atoms with Crippen LogP contribution in [0.5, 0.6) is 0 Å². The van der Waals surface area contributed by atoms with Crippen LogP contribution in [0.2, 0.25) is 0 Å². The maximum Gasteiger partial charge on any atom is 0.274 e. The highest BCUT2D eigenvalue weighted by Gasteiger charge is 2.52. The third kappa shape index (κ3) is 2.69. The molecule has 7 heteroatoms. The molecule has 0 bridgehead atoms. The number of aliphatic hydroxyl groups excluding tert-OH is 1. The van der Waals surface area contributed by atoms with Crippen molar-refractivity contribution in [2.24, 2.45) is 0 Å². The van der Waals surface area contributed by atoms with Crippen molar-refractivity contribution < 1.29 is 14.7 Å². The van der Waals surface area contributed by atoms with Crippen molar-refractivity contribution in [3.63, 3.8) is 0 Å². The van der Waals surface area contributed by atoms with Gasteiger partial charge in [-0.1, -0.05) is 0 Å². The first-order valence-electron chi connectivity index (χ1n) is 8.09. The standard InChI is InChI=1S/C16H22N4O3/c1-12-10-18-13(11-17-12)14(22)20-7-3-5-16(20)4-2-6-19(8-9-21)15(16)23/h10-11,21H,2-9H2,1H3. The van der Waals surface area contributed by atoms with Crippen molar-refractivity contribution in [2.75, 3.05) is 26.2 Å². The van der Waals surface area contributed by atoms with Crippen LogP contribution in [-0.2, 0) is 4.79 Å². The summed E-state index contributed by atoms with van der Waals surface area (Å²) in [5.41, 5.74) is 0.265. The Morgan fingerprint density at radius 3 is 2.65 bits per heavy atom. The number of hydrogen-bond donors (Lipinski definition) is 1. The predicted octanol–water partition coefficient (Wildman–Crippen LogP) is 0.375. The third-order valence-electron chi connectivity index (χ3n) is 4.81. The number of carbonyl (C=O) groups excluding carboxylic acids is 2. The van der Waals surface area contributed by atoms with Gasteiger partial charge in [0.25, 0.3) is 5.91 Å². The molecule has 1 N–H and O–H groups in total. The van der Waals surface area contributed by atoms with Crippen LogP contribution >= 0.6 is 0 Å². The number of aliphatic hydroxyl groups is 1. The number of likely N-dealkylation sites (tertiary alicyclic amines) is 2. The molecule has 1 spiro atoms. The molecular weight excluding hydrogens is 296 g/mol. The monoisotopic (exact) mass is 318 g/mol. The zero-order chi connectivity index (χ0) is 16.4. The fourth-order valence-electron chi connectivity index (χ4n) is 3.70. The van der Waals surface area contributed by atoms with Gasteiger partial charge >= 0.3 is 0 Å². The molecule has 0 aliphatic carbocycles. The van der Waals surface area contributed by atoms with Gasteiger partial charge in [-0.3, -0.25) is 14.6 Å². The summed E-state index contributed by atoms with van der Waals surface area (Å²) in [5.74, 6) is -0.266. The Morgan fingerprint density at radius 1 is 1.26 bits per heavy atom. The molecule has 2 aliphatic heterocycles. The van der Waals surface area contributed by atoms with Crippen molar-refractivity contribution >= 4 is 11.8 Å². The number of rotatable bonds is 3. The van der Waals surface area contributed by atoms with E-state index in [0.717, 1.165) is 18.5 Å². The summed E-state index contributed by atoms with van der Waals surface area (Å²) >= 11 is 0. The molecular formula is C16H22N4O3. The number of β-amino-alcohol motifs (C(OH)–C–C–N with tert-alkyl or cyclic N) is 1. The van der Waals surface area contributed by atoms with Crippen LogP contribution in [0.1, 0.15) is 41.9 Å². The lowest BCUT2D eigenvalue weighted by Crippen LogP contribution is -2.61. The van der Waals surface area contributed by atoms with E-state index in [4.69, 9.17) is 5.11 Å². The molecule has 2 amide bonds. The van der Waals surface area contributed by atoms with E-state index in [1.54, 1.807) is 16.0 Å². The lowest BCUT2D eigenvalue weighted by Gasteiger charge is -2.44. The average molecular weight is 318 g/mol. The van der Waals surface area contributed by atoms with E-state index >= 15 is 0 Å². The van der Waals surface area contributed by atoms with Gasteiger partial charge in [-0.2, -0.15) is 0 Å². The first-order chi connectivity index (χ1) is 11.1. The number of aryl methyl sites for hydroxylation is 1. The van der Waals surface area contributed by atoms with Gasteiger partial charge in [0.2, 0.25) is 5.91 Å². The summed E-state index contributed by atoms with van der Waals surface area (Å²) in [6, 6.07) is 0. The normalized spacial score (nSPS) is 24.5. The van der Waals surface area contributed by atoms with Gasteiger partial charge in [0, 0.05) is 25.8 Å². The maximum absolute atomic E-state index is 12.9. The van der Waals surface area contributed by atoms with Crippen molar-refractivity contribution in [3.05, 3.63) is 23.8 Å². The second-order valence-corrected chi connectivity index (χ2v) is 6.25. The summed E-state index contributed by atoms with van der Waals surface area (Å²) in [6.07, 6.45) is 6.05. The Morgan fingerprint density at radius 2 is 2.00 bits per heavy atom. The number of amides is 2. The molecule has 23 heavy (non-hydrogen) atoms. The molecule has 0 saturated carbocycles. The zero-order valence-electron chi connectivity index (χ0n) is 13.4. The average Bonchev–Trinajstić information content (AvgIpc) is 2.97. The van der Waals surface area contributed by atoms with Crippen LogP contribution < -0.4 is 0 Å². The van der Waals surface area contributed by atoms with Gasteiger partial charge in [0.1, 0.15) is 11.2 Å². The highest BCUT2D eigenvalue weighted by Crippen LogP contribution is 2.38. The van der Waals surface area contributed by atoms with Crippen LogP contribution in [0, 0.1) is 6.92 Å². The number of carbonyl (C=O) groups is 2. The van der Waals surface area contributed by atoms with E-state index in [1.165, 1.54) is 6.20 Å². The lowest BCUT2D eigenvalue weighted by atomic mass is 9.85. The Labute approximate surface area is 135 Å². The number of hydrogen-bond acceptors (Lipinski definition) is 5. The van der Waals surface area contributed by atoms with Crippen molar-refractivity contribution in [1.82, 2.24) is 19.8 Å². The van der Waals surface area contributed by atoms with Gasteiger partial charge in [-0.25, -0.2) is 4.98 Å². The zero-order valence-corrected chi connectivity index (χ0v) is 13.4. The smallest absolute Gasteiger partial charge is 0.274 e. The Kier molecular flexibility index (Phi) is 4.30. The molecule has 2 saturated heterocycles. The minimum atomic E-state index is -0.767. The van der Waals surface area contributed by atoms with Gasteiger partial charge < -0.3 is 14.9 Å². The van der Waals surface area contributed by atoms with E-state index < -0.39 is 5.54 Å². The minimum absolute atomic E-state index is 0.0382. The summed E-state index contributed by atoms with van der Waals surface area (Å²) in [7, 11) is 0. The van der Waals surface area contributed by atoms with Crippen LogP contribution in [0.25, 0.3) is 0 Å². The summed E-state index contributed by atoms with van der Waals surface area (Å²) in [6.45, 7) is 3.29. The minimum Gasteiger partial charge on any atom is -0.395 e. The molecule has 1 aromatic rings. The molecule has 7 nitrogen and oxygen atoms in total. The highest BCUT2D eigenvalue weighted by molar-refractivity contribution is 5.98. The molecule has 3 heterocycles. The second kappa shape index (κ2) is 6.23. The van der Waals surface area contributed by atoms with E-state index in [9.17, 15) is 9.59 Å². The fraction of sp³-hybridized carbons (Fsp3) is 0.625. The maximum atomic E-state index is 12.9. The predicted molar refractivity (Wildman–Crippen MR) is 82.7 cm³/mol. The van der Waals surface area contributed by atoms with Crippen molar-refractivity contribution in [3.8, 4) is 0 Å². The Bertz CT molecular complexity index is 602. The molecule has 1 aromatic heterocycles. The summed E-state index contributed by atoms with van der Waals surface area (Å²) < 4.78 is 0. The van der Waals surface area contributed by atoms with Crippen molar-refractivity contribution in [1.29, 1.82) is 0 Å². The van der Waals surface area contributed by atoms with Gasteiger partial charge in [0.15, 0.2) is 0 Å². The lowest BCUT2D eigenvalue weighted by molar-refractivity contribution is -0.146. The highest BCUT2D eigenvalue weighted by atomic mass is 16.3. The molecule has 2 fully saturated rings. The van der Waals surface area contributed by atoms with Gasteiger partial charge in [-0.05, 0) is 32.6 Å². The second-order valence-electron chi connectivity index (χ2n) is 6.25. The Hall–Kier alpha value is -2.02. The molecule has 1 atom stereocenters. The molecule has 3 rings (SSSR count). The van der Waals surface area contributed by atoms with E-state index in [-0.39, 0.29) is 24.1 Å². The number of aromatic nitrogens is 2. The van der Waals surface area contributed by atoms with Crippen LogP contribution in [0.15, 0.2) is 12.4 Å². The molecule has 2 aliphatic rings. The van der Waals surface area contributed by atoms with Gasteiger partial charge in [0.05, 0.1) is 18.5 Å². The quantitative estimate of drug-likeness (QED) is 0.870. The molecule has 0 radical (unpaired) electrons. The SMILES string of the molecule is Cc1cnc(C(=O)N2CCCC23CCCN(CCO)C3=O)cn1. The van der Waals surface area contributed by atoms with Crippen LogP contribution in [-0.4, -0.2) is 68.5 Å². The molecule has 124 valence electrons. The molecule has 1 unspecified atom stereocenters.